The van der Waals surface area contributed by atoms with Gasteiger partial charge in [-0.2, -0.15) is 5.10 Å². The molecule has 3 aromatic rings. The Labute approximate surface area is 180 Å². The molecular formula is C22H23ClN4O3. The zero-order valence-corrected chi connectivity index (χ0v) is 18.0. The number of anilines is 2. The fraction of sp³-hybridized carbons (Fsp3) is 0.227. The van der Waals surface area contributed by atoms with Gasteiger partial charge in [0, 0.05) is 24.7 Å². The maximum absolute atomic E-state index is 12.7. The highest BCUT2D eigenvalue weighted by Crippen LogP contribution is 2.28. The fourth-order valence-corrected chi connectivity index (χ4v) is 3.20. The lowest BCUT2D eigenvalue weighted by atomic mass is 10.1. The quantitative estimate of drug-likeness (QED) is 0.594. The summed E-state index contributed by atoms with van der Waals surface area (Å²) in [4.78, 5) is 26.6. The number of nitrogens with one attached hydrogen (secondary N) is 1. The van der Waals surface area contributed by atoms with Gasteiger partial charge in [0.2, 0.25) is 0 Å². The van der Waals surface area contributed by atoms with Gasteiger partial charge in [-0.1, -0.05) is 11.6 Å². The van der Waals surface area contributed by atoms with E-state index >= 15 is 0 Å². The molecule has 0 saturated carbocycles. The summed E-state index contributed by atoms with van der Waals surface area (Å²) >= 11 is 6.09. The maximum Gasteiger partial charge on any atom is 0.341 e. The molecule has 0 aliphatic heterocycles. The molecule has 0 aliphatic carbocycles. The van der Waals surface area contributed by atoms with Gasteiger partial charge in [-0.25, -0.2) is 9.48 Å². The van der Waals surface area contributed by atoms with Gasteiger partial charge in [0.25, 0.3) is 5.91 Å². The maximum atomic E-state index is 12.7. The van der Waals surface area contributed by atoms with Crippen LogP contribution in [0.4, 0.5) is 11.4 Å². The minimum Gasteiger partial charge on any atom is -0.462 e. The van der Waals surface area contributed by atoms with E-state index in [2.05, 4.69) is 10.4 Å². The summed E-state index contributed by atoms with van der Waals surface area (Å²) < 4.78 is 6.68. The number of carbonyl (C=O) groups excluding carboxylic acids is 2. The Morgan fingerprint density at radius 2 is 1.87 bits per heavy atom. The summed E-state index contributed by atoms with van der Waals surface area (Å²) in [7, 11) is 3.79. The first-order chi connectivity index (χ1) is 14.3. The van der Waals surface area contributed by atoms with Gasteiger partial charge in [-0.3, -0.25) is 4.79 Å². The van der Waals surface area contributed by atoms with Crippen LogP contribution in [0.3, 0.4) is 0 Å². The Morgan fingerprint density at radius 3 is 2.50 bits per heavy atom. The van der Waals surface area contributed by atoms with Crippen molar-refractivity contribution in [1.82, 2.24) is 9.78 Å². The highest BCUT2D eigenvalue weighted by Gasteiger charge is 2.17. The third-order valence-electron chi connectivity index (χ3n) is 4.57. The predicted molar refractivity (Wildman–Crippen MR) is 118 cm³/mol. The van der Waals surface area contributed by atoms with Crippen LogP contribution < -0.4 is 10.2 Å². The van der Waals surface area contributed by atoms with Crippen LogP contribution in [0.2, 0.25) is 5.02 Å². The van der Waals surface area contributed by atoms with E-state index in [0.717, 1.165) is 11.4 Å². The second-order valence-corrected chi connectivity index (χ2v) is 7.27. The number of hydrogen-bond donors (Lipinski definition) is 1. The average molecular weight is 427 g/mol. The number of ether oxygens (including phenoxy) is 1. The van der Waals surface area contributed by atoms with Crippen LogP contribution in [0.25, 0.3) is 5.69 Å². The van der Waals surface area contributed by atoms with Crippen molar-refractivity contribution in [3.63, 3.8) is 0 Å². The van der Waals surface area contributed by atoms with Crippen LogP contribution in [0.15, 0.2) is 48.7 Å². The summed E-state index contributed by atoms with van der Waals surface area (Å²) in [6, 6.07) is 12.3. The SMILES string of the molecule is CCOC(=O)c1cnn(-c2ccc(C(=O)Nc3cc(Cl)ccc3N(C)C)cc2)c1C. The third kappa shape index (κ3) is 4.46. The Kier molecular flexibility index (Phi) is 6.42. The lowest BCUT2D eigenvalue weighted by Crippen LogP contribution is -2.16. The van der Waals surface area contributed by atoms with Gasteiger partial charge in [0.1, 0.15) is 5.56 Å². The zero-order chi connectivity index (χ0) is 21.8. The summed E-state index contributed by atoms with van der Waals surface area (Å²) in [5.74, 6) is -0.660. The van der Waals surface area contributed by atoms with E-state index in [-0.39, 0.29) is 5.91 Å². The number of nitrogens with zero attached hydrogens (tertiary/aromatic N) is 3. The Morgan fingerprint density at radius 1 is 1.17 bits per heavy atom. The van der Waals surface area contributed by atoms with Crippen LogP contribution in [-0.2, 0) is 4.74 Å². The van der Waals surface area contributed by atoms with Crippen LogP contribution in [-0.4, -0.2) is 42.4 Å². The Bertz CT molecular complexity index is 1070. The van der Waals surface area contributed by atoms with Crippen LogP contribution in [0.1, 0.15) is 33.3 Å². The number of carbonyl (C=O) groups is 2. The molecule has 8 heteroatoms. The van der Waals surface area contributed by atoms with E-state index in [4.69, 9.17) is 16.3 Å². The highest BCUT2D eigenvalue weighted by atomic mass is 35.5. The monoisotopic (exact) mass is 426 g/mol. The van der Waals surface area contributed by atoms with Gasteiger partial charge in [0.15, 0.2) is 0 Å². The largest absolute Gasteiger partial charge is 0.462 e. The third-order valence-corrected chi connectivity index (χ3v) is 4.80. The van der Waals surface area contributed by atoms with Crippen molar-refractivity contribution in [2.24, 2.45) is 0 Å². The molecule has 0 unspecified atom stereocenters. The summed E-state index contributed by atoms with van der Waals surface area (Å²) in [6.45, 7) is 3.85. The van der Waals surface area contributed by atoms with Crippen molar-refractivity contribution in [2.45, 2.75) is 13.8 Å². The van der Waals surface area contributed by atoms with E-state index < -0.39 is 5.97 Å². The van der Waals surface area contributed by atoms with Gasteiger partial charge >= 0.3 is 5.97 Å². The lowest BCUT2D eigenvalue weighted by Gasteiger charge is -2.18. The number of esters is 1. The Hall–Kier alpha value is -3.32. The number of rotatable bonds is 6. The van der Waals surface area contributed by atoms with Crippen molar-refractivity contribution in [2.75, 3.05) is 30.9 Å². The molecule has 1 heterocycles. The normalized spacial score (nSPS) is 10.6. The predicted octanol–water partition coefficient (Wildman–Crippen LogP) is 4.33. The van der Waals surface area contributed by atoms with E-state index in [1.807, 2.05) is 25.1 Å². The minimum atomic E-state index is -0.407. The molecule has 0 atom stereocenters. The van der Waals surface area contributed by atoms with Crippen LogP contribution in [0, 0.1) is 6.92 Å². The standard InChI is InChI=1S/C22H23ClN4O3/c1-5-30-22(29)18-13-24-27(14(18)2)17-9-6-15(7-10-17)21(28)25-19-12-16(23)8-11-20(19)26(3)4/h6-13H,5H2,1-4H3,(H,25,28). The summed E-state index contributed by atoms with van der Waals surface area (Å²) in [5.41, 5.74) is 3.78. The van der Waals surface area contributed by atoms with Crippen molar-refractivity contribution < 1.29 is 14.3 Å². The van der Waals surface area contributed by atoms with Gasteiger partial charge in [-0.05, 0) is 56.3 Å². The number of benzene rings is 2. The molecular weight excluding hydrogens is 404 g/mol. The topological polar surface area (TPSA) is 76.5 Å². The average Bonchev–Trinajstić information content (AvgIpc) is 3.09. The molecule has 1 N–H and O–H groups in total. The van der Waals surface area contributed by atoms with Gasteiger partial charge in [0.05, 0.1) is 35.6 Å². The molecule has 0 spiro atoms. The van der Waals surface area contributed by atoms with Crippen molar-refractivity contribution in [1.29, 1.82) is 0 Å². The minimum absolute atomic E-state index is 0.253. The molecule has 3 rings (SSSR count). The van der Waals surface area contributed by atoms with E-state index in [1.165, 1.54) is 6.20 Å². The van der Waals surface area contributed by atoms with Crippen LogP contribution >= 0.6 is 11.6 Å². The van der Waals surface area contributed by atoms with Crippen LogP contribution in [0.5, 0.6) is 0 Å². The van der Waals surface area contributed by atoms with Crippen molar-refractivity contribution in [3.8, 4) is 5.69 Å². The fourth-order valence-electron chi connectivity index (χ4n) is 3.03. The number of amides is 1. The second kappa shape index (κ2) is 9.00. The number of aromatic nitrogens is 2. The molecule has 0 fully saturated rings. The zero-order valence-electron chi connectivity index (χ0n) is 17.3. The molecule has 0 radical (unpaired) electrons. The van der Waals surface area contributed by atoms with E-state index in [0.29, 0.717) is 34.1 Å². The first-order valence-corrected chi connectivity index (χ1v) is 9.80. The molecule has 1 aromatic heterocycles. The smallest absolute Gasteiger partial charge is 0.341 e. The molecule has 7 nitrogen and oxygen atoms in total. The molecule has 30 heavy (non-hydrogen) atoms. The molecule has 2 aromatic carbocycles. The first kappa shape index (κ1) is 21.4. The summed E-state index contributed by atoms with van der Waals surface area (Å²) in [5, 5.41) is 7.71. The first-order valence-electron chi connectivity index (χ1n) is 9.42. The molecule has 0 aliphatic rings. The highest BCUT2D eigenvalue weighted by molar-refractivity contribution is 6.31. The second-order valence-electron chi connectivity index (χ2n) is 6.83. The molecule has 156 valence electrons. The molecule has 1 amide bonds. The summed E-state index contributed by atoms with van der Waals surface area (Å²) in [6.07, 6.45) is 1.48. The Balaban J connectivity index is 1.81. The van der Waals surface area contributed by atoms with E-state index in [1.54, 1.807) is 54.9 Å². The lowest BCUT2D eigenvalue weighted by molar-refractivity contribution is 0.0525. The van der Waals surface area contributed by atoms with Crippen molar-refractivity contribution >= 4 is 34.9 Å². The van der Waals surface area contributed by atoms with Crippen molar-refractivity contribution in [3.05, 3.63) is 70.5 Å². The van der Waals surface area contributed by atoms with Gasteiger partial charge in [-0.15, -0.1) is 0 Å². The van der Waals surface area contributed by atoms with Gasteiger partial charge < -0.3 is 15.0 Å². The molecule has 0 bridgehead atoms. The van der Waals surface area contributed by atoms with E-state index in [9.17, 15) is 9.59 Å². The molecule has 0 saturated heterocycles. The number of hydrogen-bond acceptors (Lipinski definition) is 5. The number of halogens is 1.